The summed E-state index contributed by atoms with van der Waals surface area (Å²) >= 11 is 6.55. The number of hydrogen-bond acceptors (Lipinski definition) is 3. The molecule has 0 unspecified atom stereocenters. The van der Waals surface area contributed by atoms with E-state index in [1.54, 1.807) is 12.1 Å². The van der Waals surface area contributed by atoms with E-state index in [0.717, 1.165) is 4.47 Å². The molecule has 0 atom stereocenters. The van der Waals surface area contributed by atoms with Gasteiger partial charge in [0, 0.05) is 15.5 Å². The second kappa shape index (κ2) is 6.65. The third kappa shape index (κ3) is 5.47. The molecule has 0 fully saturated rings. The van der Waals surface area contributed by atoms with Gasteiger partial charge in [-0.05, 0) is 40.5 Å². The SMILES string of the molecule is NS(=O)(=O)CCCNC(=O)c1cc(Br)ccc1Br. The van der Waals surface area contributed by atoms with Crippen LogP contribution in [0.5, 0.6) is 0 Å². The summed E-state index contributed by atoms with van der Waals surface area (Å²) in [6, 6.07) is 5.24. The molecule has 0 aliphatic rings. The van der Waals surface area contributed by atoms with Crippen LogP contribution in [-0.4, -0.2) is 26.6 Å². The molecule has 1 aromatic rings. The van der Waals surface area contributed by atoms with Crippen LogP contribution in [0.15, 0.2) is 27.1 Å². The lowest BCUT2D eigenvalue weighted by molar-refractivity contribution is 0.0953. The predicted octanol–water partition coefficient (Wildman–Crippen LogP) is 1.62. The van der Waals surface area contributed by atoms with Gasteiger partial charge in [-0.25, -0.2) is 13.6 Å². The average Bonchev–Trinajstić information content (AvgIpc) is 2.26. The van der Waals surface area contributed by atoms with Gasteiger partial charge < -0.3 is 5.32 Å². The first-order valence-corrected chi connectivity index (χ1v) is 8.33. The summed E-state index contributed by atoms with van der Waals surface area (Å²) in [6.07, 6.45) is 0.288. The molecule has 0 bridgehead atoms. The third-order valence-corrected chi connectivity index (χ3v) is 4.11. The maximum atomic E-state index is 11.8. The summed E-state index contributed by atoms with van der Waals surface area (Å²) < 4.78 is 22.9. The zero-order chi connectivity index (χ0) is 13.8. The van der Waals surface area contributed by atoms with Gasteiger partial charge in [0.1, 0.15) is 0 Å². The minimum Gasteiger partial charge on any atom is -0.352 e. The first-order chi connectivity index (χ1) is 8.29. The normalized spacial score (nSPS) is 11.3. The van der Waals surface area contributed by atoms with Crippen molar-refractivity contribution >= 4 is 47.8 Å². The average molecular weight is 400 g/mol. The molecule has 0 saturated carbocycles. The van der Waals surface area contributed by atoms with E-state index in [4.69, 9.17) is 5.14 Å². The van der Waals surface area contributed by atoms with Gasteiger partial charge in [-0.2, -0.15) is 0 Å². The van der Waals surface area contributed by atoms with Crippen molar-refractivity contribution in [3.05, 3.63) is 32.7 Å². The summed E-state index contributed by atoms with van der Waals surface area (Å²) in [5.41, 5.74) is 0.486. The lowest BCUT2D eigenvalue weighted by Gasteiger charge is -2.07. The fraction of sp³-hybridized carbons (Fsp3) is 0.300. The first-order valence-electron chi connectivity index (χ1n) is 5.03. The highest BCUT2D eigenvalue weighted by Gasteiger charge is 2.10. The van der Waals surface area contributed by atoms with Crippen molar-refractivity contribution < 1.29 is 13.2 Å². The quantitative estimate of drug-likeness (QED) is 0.737. The van der Waals surface area contributed by atoms with Crippen molar-refractivity contribution in [3.63, 3.8) is 0 Å². The van der Waals surface area contributed by atoms with Gasteiger partial charge in [0.05, 0.1) is 11.3 Å². The lowest BCUT2D eigenvalue weighted by atomic mass is 10.2. The number of carbonyl (C=O) groups excluding carboxylic acids is 1. The fourth-order valence-corrected chi connectivity index (χ4v) is 2.58. The molecule has 5 nitrogen and oxygen atoms in total. The van der Waals surface area contributed by atoms with Crippen molar-refractivity contribution in [2.45, 2.75) is 6.42 Å². The van der Waals surface area contributed by atoms with E-state index in [-0.39, 0.29) is 24.6 Å². The molecule has 0 heterocycles. The molecule has 1 aromatic carbocycles. The van der Waals surface area contributed by atoms with Crippen molar-refractivity contribution in [2.24, 2.45) is 5.14 Å². The van der Waals surface area contributed by atoms with Crippen LogP contribution in [0.25, 0.3) is 0 Å². The number of amides is 1. The van der Waals surface area contributed by atoms with Gasteiger partial charge in [-0.1, -0.05) is 15.9 Å². The number of halogens is 2. The Kier molecular flexibility index (Phi) is 5.77. The monoisotopic (exact) mass is 398 g/mol. The molecule has 0 aliphatic carbocycles. The van der Waals surface area contributed by atoms with E-state index in [0.29, 0.717) is 10.0 Å². The molecule has 0 spiro atoms. The number of rotatable bonds is 5. The zero-order valence-corrected chi connectivity index (χ0v) is 13.3. The van der Waals surface area contributed by atoms with Crippen molar-refractivity contribution in [1.29, 1.82) is 0 Å². The number of nitrogens with two attached hydrogens (primary N) is 1. The Hall–Kier alpha value is -0.440. The van der Waals surface area contributed by atoms with Crippen LogP contribution in [-0.2, 0) is 10.0 Å². The number of benzene rings is 1. The summed E-state index contributed by atoms with van der Waals surface area (Å²) in [5, 5.41) is 7.48. The van der Waals surface area contributed by atoms with E-state index in [1.165, 1.54) is 0 Å². The highest BCUT2D eigenvalue weighted by molar-refractivity contribution is 9.11. The van der Waals surface area contributed by atoms with Gasteiger partial charge >= 0.3 is 0 Å². The van der Waals surface area contributed by atoms with Crippen LogP contribution in [0.4, 0.5) is 0 Å². The van der Waals surface area contributed by atoms with E-state index in [2.05, 4.69) is 37.2 Å². The number of nitrogens with one attached hydrogen (secondary N) is 1. The van der Waals surface area contributed by atoms with Gasteiger partial charge in [0.15, 0.2) is 0 Å². The summed E-state index contributed by atoms with van der Waals surface area (Å²) in [5.74, 6) is -0.412. The van der Waals surface area contributed by atoms with Gasteiger partial charge in [0.25, 0.3) is 5.91 Å². The van der Waals surface area contributed by atoms with Gasteiger partial charge in [0.2, 0.25) is 10.0 Å². The van der Waals surface area contributed by atoms with Crippen LogP contribution in [0.2, 0.25) is 0 Å². The van der Waals surface area contributed by atoms with E-state index in [9.17, 15) is 13.2 Å². The van der Waals surface area contributed by atoms with Crippen LogP contribution in [0.3, 0.4) is 0 Å². The molecule has 0 radical (unpaired) electrons. The minimum absolute atomic E-state index is 0.146. The molecule has 8 heteroatoms. The van der Waals surface area contributed by atoms with Crippen LogP contribution in [0, 0.1) is 0 Å². The molecule has 0 aliphatic heterocycles. The Morgan fingerprint density at radius 2 is 2.00 bits per heavy atom. The highest BCUT2D eigenvalue weighted by atomic mass is 79.9. The van der Waals surface area contributed by atoms with Gasteiger partial charge in [-0.15, -0.1) is 0 Å². The molecule has 0 aromatic heterocycles. The first kappa shape index (κ1) is 15.6. The number of hydrogen-bond donors (Lipinski definition) is 2. The Bertz CT molecular complexity index is 546. The molecular weight excluding hydrogens is 388 g/mol. The standard InChI is InChI=1S/C10H12Br2N2O3S/c11-7-2-3-9(12)8(6-7)10(15)14-4-1-5-18(13,16)17/h2-3,6H,1,4-5H2,(H,14,15)(H2,13,16,17). The minimum atomic E-state index is -3.47. The maximum Gasteiger partial charge on any atom is 0.252 e. The Labute approximate surface area is 122 Å². The maximum absolute atomic E-state index is 11.8. The molecule has 1 rings (SSSR count). The van der Waals surface area contributed by atoms with Crippen molar-refractivity contribution in [2.75, 3.05) is 12.3 Å². The molecule has 3 N–H and O–H groups in total. The number of primary sulfonamides is 1. The smallest absolute Gasteiger partial charge is 0.252 e. The Morgan fingerprint density at radius 1 is 1.33 bits per heavy atom. The topological polar surface area (TPSA) is 89.3 Å². The summed E-state index contributed by atoms with van der Waals surface area (Å²) in [7, 11) is -3.47. The lowest BCUT2D eigenvalue weighted by Crippen LogP contribution is -2.27. The highest BCUT2D eigenvalue weighted by Crippen LogP contribution is 2.21. The Balaban J connectivity index is 2.53. The third-order valence-electron chi connectivity index (χ3n) is 2.06. The fourth-order valence-electron chi connectivity index (χ4n) is 1.24. The molecular formula is C10H12Br2N2O3S. The molecule has 1 amide bonds. The van der Waals surface area contributed by atoms with Crippen molar-refractivity contribution in [3.8, 4) is 0 Å². The molecule has 0 saturated heterocycles. The summed E-state index contributed by atoms with van der Waals surface area (Å²) in [4.78, 5) is 11.8. The second-order valence-electron chi connectivity index (χ2n) is 3.60. The zero-order valence-electron chi connectivity index (χ0n) is 9.32. The van der Waals surface area contributed by atoms with Crippen LogP contribution < -0.4 is 10.5 Å². The van der Waals surface area contributed by atoms with E-state index >= 15 is 0 Å². The molecule has 100 valence electrons. The van der Waals surface area contributed by atoms with Crippen molar-refractivity contribution in [1.82, 2.24) is 5.32 Å². The Morgan fingerprint density at radius 3 is 2.61 bits per heavy atom. The van der Waals surface area contributed by atoms with Crippen LogP contribution in [0.1, 0.15) is 16.8 Å². The summed E-state index contributed by atoms with van der Waals surface area (Å²) in [6.45, 7) is 0.258. The van der Waals surface area contributed by atoms with E-state index < -0.39 is 10.0 Å². The molecule has 18 heavy (non-hydrogen) atoms. The largest absolute Gasteiger partial charge is 0.352 e. The van der Waals surface area contributed by atoms with Gasteiger partial charge in [-0.3, -0.25) is 4.79 Å². The number of sulfonamides is 1. The van der Waals surface area contributed by atoms with Crippen LogP contribution >= 0.6 is 31.9 Å². The predicted molar refractivity (Wildman–Crippen MR) is 76.8 cm³/mol. The second-order valence-corrected chi connectivity index (χ2v) is 7.10. The number of carbonyl (C=O) groups is 1. The van der Waals surface area contributed by atoms with E-state index in [1.807, 2.05) is 6.07 Å².